The van der Waals surface area contributed by atoms with Crippen molar-refractivity contribution in [2.45, 2.75) is 25.3 Å². The molecule has 2 fully saturated rings. The van der Waals surface area contributed by atoms with Gasteiger partial charge in [0.05, 0.1) is 0 Å². The SMILES string of the molecule is Ic1ccc(N2CCC(N3CCCC3)C2)nc1. The number of rotatable bonds is 2. The predicted molar refractivity (Wildman–Crippen MR) is 78.4 cm³/mol. The fourth-order valence-electron chi connectivity index (χ4n) is 2.91. The van der Waals surface area contributed by atoms with Crippen molar-refractivity contribution in [3.05, 3.63) is 21.9 Å². The molecule has 0 spiro atoms. The summed E-state index contributed by atoms with van der Waals surface area (Å²) in [6, 6.07) is 5.05. The van der Waals surface area contributed by atoms with Crippen LogP contribution in [0.15, 0.2) is 18.3 Å². The van der Waals surface area contributed by atoms with Crippen molar-refractivity contribution in [1.82, 2.24) is 9.88 Å². The maximum absolute atomic E-state index is 4.52. The second-order valence-electron chi connectivity index (χ2n) is 4.97. The maximum Gasteiger partial charge on any atom is 0.128 e. The molecule has 2 aliphatic heterocycles. The van der Waals surface area contributed by atoms with E-state index in [1.807, 2.05) is 6.20 Å². The minimum atomic E-state index is 0.763. The third kappa shape index (κ3) is 2.57. The molecule has 92 valence electrons. The van der Waals surface area contributed by atoms with E-state index in [0.29, 0.717) is 0 Å². The average Bonchev–Trinajstić information content (AvgIpc) is 3.00. The largest absolute Gasteiger partial charge is 0.355 e. The Balaban J connectivity index is 1.65. The number of halogens is 1. The summed E-state index contributed by atoms with van der Waals surface area (Å²) in [7, 11) is 0. The number of aromatic nitrogens is 1. The van der Waals surface area contributed by atoms with Gasteiger partial charge < -0.3 is 4.90 Å². The number of likely N-dealkylation sites (tertiary alicyclic amines) is 1. The van der Waals surface area contributed by atoms with Gasteiger partial charge in [-0.25, -0.2) is 4.98 Å². The molecule has 0 amide bonds. The van der Waals surface area contributed by atoms with Crippen LogP contribution in [0.2, 0.25) is 0 Å². The smallest absolute Gasteiger partial charge is 0.128 e. The van der Waals surface area contributed by atoms with Crippen LogP contribution in [0.1, 0.15) is 19.3 Å². The Labute approximate surface area is 116 Å². The predicted octanol–water partition coefficient (Wildman–Crippen LogP) is 2.36. The van der Waals surface area contributed by atoms with E-state index < -0.39 is 0 Å². The van der Waals surface area contributed by atoms with E-state index in [1.165, 1.54) is 35.9 Å². The highest BCUT2D eigenvalue weighted by molar-refractivity contribution is 14.1. The molecule has 0 aromatic carbocycles. The monoisotopic (exact) mass is 343 g/mol. The Bertz CT molecular complexity index is 373. The minimum Gasteiger partial charge on any atom is -0.355 e. The van der Waals surface area contributed by atoms with Crippen LogP contribution in [-0.2, 0) is 0 Å². The van der Waals surface area contributed by atoms with E-state index >= 15 is 0 Å². The Hall–Kier alpha value is -0.360. The van der Waals surface area contributed by atoms with Crippen LogP contribution in [0.25, 0.3) is 0 Å². The molecule has 2 saturated heterocycles. The molecule has 4 heteroatoms. The molecular formula is C13H18IN3. The van der Waals surface area contributed by atoms with Gasteiger partial charge in [-0.05, 0) is 67.1 Å². The highest BCUT2D eigenvalue weighted by Crippen LogP contribution is 2.24. The van der Waals surface area contributed by atoms with Gasteiger partial charge in [-0.15, -0.1) is 0 Å². The van der Waals surface area contributed by atoms with Crippen LogP contribution >= 0.6 is 22.6 Å². The molecule has 0 saturated carbocycles. The van der Waals surface area contributed by atoms with E-state index in [9.17, 15) is 0 Å². The van der Waals surface area contributed by atoms with Gasteiger partial charge in [0.25, 0.3) is 0 Å². The number of hydrogen-bond donors (Lipinski definition) is 0. The fourth-order valence-corrected chi connectivity index (χ4v) is 3.23. The van der Waals surface area contributed by atoms with Gasteiger partial charge in [-0.1, -0.05) is 0 Å². The summed E-state index contributed by atoms with van der Waals surface area (Å²) in [6.07, 6.45) is 6.03. The number of nitrogens with zero attached hydrogens (tertiary/aromatic N) is 3. The first-order valence-corrected chi connectivity index (χ1v) is 7.51. The van der Waals surface area contributed by atoms with Crippen LogP contribution < -0.4 is 4.90 Å². The molecule has 0 radical (unpaired) electrons. The van der Waals surface area contributed by atoms with Crippen molar-refractivity contribution in [3.63, 3.8) is 0 Å². The topological polar surface area (TPSA) is 19.4 Å². The Morgan fingerprint density at radius 1 is 1.18 bits per heavy atom. The Morgan fingerprint density at radius 2 is 2.00 bits per heavy atom. The lowest BCUT2D eigenvalue weighted by molar-refractivity contribution is 0.260. The summed E-state index contributed by atoms with van der Waals surface area (Å²) in [5, 5.41) is 0. The fraction of sp³-hybridized carbons (Fsp3) is 0.615. The quantitative estimate of drug-likeness (QED) is 0.769. The van der Waals surface area contributed by atoms with Gasteiger partial charge in [0, 0.05) is 28.9 Å². The third-order valence-corrected chi connectivity index (χ3v) is 4.49. The summed E-state index contributed by atoms with van der Waals surface area (Å²) in [5.41, 5.74) is 0. The van der Waals surface area contributed by atoms with Crippen LogP contribution in [0.5, 0.6) is 0 Å². The minimum absolute atomic E-state index is 0.763. The molecule has 0 bridgehead atoms. The molecule has 3 nitrogen and oxygen atoms in total. The lowest BCUT2D eigenvalue weighted by Crippen LogP contribution is -2.35. The van der Waals surface area contributed by atoms with Crippen LogP contribution in [0.4, 0.5) is 5.82 Å². The summed E-state index contributed by atoms with van der Waals surface area (Å²) in [6.45, 7) is 4.93. The number of hydrogen-bond acceptors (Lipinski definition) is 3. The van der Waals surface area contributed by atoms with Gasteiger partial charge in [-0.2, -0.15) is 0 Å². The van der Waals surface area contributed by atoms with Crippen molar-refractivity contribution >= 4 is 28.4 Å². The highest BCUT2D eigenvalue weighted by Gasteiger charge is 2.29. The van der Waals surface area contributed by atoms with Crippen molar-refractivity contribution < 1.29 is 0 Å². The molecule has 3 heterocycles. The standard InChI is InChI=1S/C13H18IN3/c14-11-3-4-13(15-9-11)17-8-5-12(10-17)16-6-1-2-7-16/h3-4,9,12H,1-2,5-8,10H2. The van der Waals surface area contributed by atoms with Gasteiger partial charge in [0.15, 0.2) is 0 Å². The normalized spacial score (nSPS) is 25.7. The molecule has 0 N–H and O–H groups in total. The van der Waals surface area contributed by atoms with E-state index in [0.717, 1.165) is 24.9 Å². The molecule has 1 aromatic rings. The van der Waals surface area contributed by atoms with Gasteiger partial charge in [0.2, 0.25) is 0 Å². The Kier molecular flexibility index (Phi) is 3.51. The average molecular weight is 343 g/mol. The van der Waals surface area contributed by atoms with Crippen LogP contribution in [0, 0.1) is 3.57 Å². The second kappa shape index (κ2) is 5.10. The lowest BCUT2D eigenvalue weighted by atomic mass is 10.2. The summed E-state index contributed by atoms with van der Waals surface area (Å²) in [5.74, 6) is 1.15. The summed E-state index contributed by atoms with van der Waals surface area (Å²) < 4.78 is 1.21. The number of anilines is 1. The lowest BCUT2D eigenvalue weighted by Gasteiger charge is -2.24. The van der Waals surface area contributed by atoms with E-state index in [-0.39, 0.29) is 0 Å². The Morgan fingerprint density at radius 3 is 2.71 bits per heavy atom. The summed E-state index contributed by atoms with van der Waals surface area (Å²) in [4.78, 5) is 9.61. The molecule has 1 atom stereocenters. The van der Waals surface area contributed by atoms with E-state index in [2.05, 4.69) is 49.5 Å². The van der Waals surface area contributed by atoms with E-state index in [1.54, 1.807) is 0 Å². The molecule has 1 aromatic heterocycles. The first-order chi connectivity index (χ1) is 8.33. The molecular weight excluding hydrogens is 325 g/mol. The van der Waals surface area contributed by atoms with Crippen LogP contribution in [-0.4, -0.2) is 42.1 Å². The molecule has 3 rings (SSSR count). The van der Waals surface area contributed by atoms with Gasteiger partial charge in [0.1, 0.15) is 5.82 Å². The first kappa shape index (κ1) is 11.7. The first-order valence-electron chi connectivity index (χ1n) is 6.43. The maximum atomic E-state index is 4.52. The zero-order valence-electron chi connectivity index (χ0n) is 9.98. The van der Waals surface area contributed by atoms with E-state index in [4.69, 9.17) is 0 Å². The third-order valence-electron chi connectivity index (χ3n) is 3.86. The van der Waals surface area contributed by atoms with Crippen molar-refractivity contribution in [2.75, 3.05) is 31.1 Å². The highest BCUT2D eigenvalue weighted by atomic mass is 127. The van der Waals surface area contributed by atoms with Crippen LogP contribution in [0.3, 0.4) is 0 Å². The number of pyridine rings is 1. The van der Waals surface area contributed by atoms with Crippen molar-refractivity contribution in [3.8, 4) is 0 Å². The molecule has 2 aliphatic rings. The molecule has 17 heavy (non-hydrogen) atoms. The molecule has 0 aliphatic carbocycles. The zero-order valence-corrected chi connectivity index (χ0v) is 12.1. The van der Waals surface area contributed by atoms with Crippen molar-refractivity contribution in [1.29, 1.82) is 0 Å². The summed E-state index contributed by atoms with van der Waals surface area (Å²) >= 11 is 2.31. The van der Waals surface area contributed by atoms with Gasteiger partial charge in [-0.3, -0.25) is 4.90 Å². The van der Waals surface area contributed by atoms with Gasteiger partial charge >= 0.3 is 0 Å². The molecule has 1 unspecified atom stereocenters. The second-order valence-corrected chi connectivity index (χ2v) is 6.21. The van der Waals surface area contributed by atoms with Crippen molar-refractivity contribution in [2.24, 2.45) is 0 Å². The zero-order chi connectivity index (χ0) is 11.7.